The number of para-hydroxylation sites is 1. The Bertz CT molecular complexity index is 963. The SMILES string of the molecule is O=C(CC1CC2(CCN(C(=O)C3CCCC3)CC2)Oc2ccccc21)Nc1cccnc1. The molecule has 2 amide bonds. The summed E-state index contributed by atoms with van der Waals surface area (Å²) in [5, 5.41) is 2.97. The highest BCUT2D eigenvalue weighted by atomic mass is 16.5. The summed E-state index contributed by atoms with van der Waals surface area (Å²) >= 11 is 0. The van der Waals surface area contributed by atoms with Crippen LogP contribution in [0.1, 0.15) is 62.8 Å². The number of carbonyl (C=O) groups is 2. The molecule has 1 aromatic heterocycles. The van der Waals surface area contributed by atoms with Gasteiger partial charge in [-0.2, -0.15) is 0 Å². The number of rotatable bonds is 4. The van der Waals surface area contributed by atoms with Gasteiger partial charge in [0.15, 0.2) is 0 Å². The van der Waals surface area contributed by atoms with E-state index in [9.17, 15) is 9.59 Å². The third kappa shape index (κ3) is 4.36. The summed E-state index contributed by atoms with van der Waals surface area (Å²) in [6, 6.07) is 11.7. The summed E-state index contributed by atoms with van der Waals surface area (Å²) in [5.74, 6) is 1.52. The molecule has 168 valence electrons. The summed E-state index contributed by atoms with van der Waals surface area (Å²) in [5.41, 5.74) is 1.51. The number of nitrogens with one attached hydrogen (secondary N) is 1. The van der Waals surface area contributed by atoms with Crippen molar-refractivity contribution in [2.24, 2.45) is 5.92 Å². The standard InChI is InChI=1S/C26H31N3O3/c30-24(28-21-8-5-13-27-18-21)16-20-17-26(32-23-10-4-3-9-22(20)23)11-14-29(15-12-26)25(31)19-6-1-2-7-19/h3-5,8-10,13,18-20H,1-2,6-7,11-12,14-17H2,(H,28,30). The van der Waals surface area contributed by atoms with E-state index in [0.29, 0.717) is 18.0 Å². The second-order valence-corrected chi connectivity index (χ2v) is 9.52. The highest BCUT2D eigenvalue weighted by Gasteiger charge is 2.45. The van der Waals surface area contributed by atoms with Gasteiger partial charge in [0.1, 0.15) is 11.4 Å². The van der Waals surface area contributed by atoms with E-state index in [1.54, 1.807) is 12.4 Å². The van der Waals surface area contributed by atoms with E-state index >= 15 is 0 Å². The molecule has 6 heteroatoms. The predicted molar refractivity (Wildman–Crippen MR) is 122 cm³/mol. The third-order valence-electron chi connectivity index (χ3n) is 7.37. The molecule has 5 rings (SSSR count). The number of likely N-dealkylation sites (tertiary alicyclic amines) is 1. The first-order valence-electron chi connectivity index (χ1n) is 11.9. The summed E-state index contributed by atoms with van der Waals surface area (Å²) in [4.78, 5) is 31.8. The lowest BCUT2D eigenvalue weighted by Gasteiger charge is -2.47. The van der Waals surface area contributed by atoms with E-state index in [-0.39, 0.29) is 23.3 Å². The van der Waals surface area contributed by atoms with Crippen LogP contribution in [0.2, 0.25) is 0 Å². The van der Waals surface area contributed by atoms with Gasteiger partial charge < -0.3 is 15.0 Å². The maximum atomic E-state index is 12.9. The Hall–Kier alpha value is -2.89. The van der Waals surface area contributed by atoms with Crippen LogP contribution in [0.5, 0.6) is 5.75 Å². The van der Waals surface area contributed by atoms with Gasteiger partial charge in [0.2, 0.25) is 11.8 Å². The number of piperidine rings is 1. The van der Waals surface area contributed by atoms with Crippen molar-refractivity contribution in [2.75, 3.05) is 18.4 Å². The Kier molecular flexibility index (Phi) is 5.85. The lowest BCUT2D eigenvalue weighted by Crippen LogP contribution is -2.52. The normalized spacial score (nSPS) is 22.2. The molecule has 6 nitrogen and oxygen atoms in total. The molecule has 1 aliphatic carbocycles. The number of ether oxygens (including phenoxy) is 1. The summed E-state index contributed by atoms with van der Waals surface area (Å²) < 4.78 is 6.56. The van der Waals surface area contributed by atoms with Gasteiger partial charge in [-0.15, -0.1) is 0 Å². The zero-order valence-electron chi connectivity index (χ0n) is 18.5. The number of pyridine rings is 1. The Morgan fingerprint density at radius 1 is 1.09 bits per heavy atom. The molecular formula is C26H31N3O3. The molecule has 32 heavy (non-hydrogen) atoms. The molecule has 3 heterocycles. The Balaban J connectivity index is 1.28. The second kappa shape index (κ2) is 8.93. The lowest BCUT2D eigenvalue weighted by molar-refractivity contribution is -0.139. The number of carbonyl (C=O) groups excluding carboxylic acids is 2. The zero-order valence-corrected chi connectivity index (χ0v) is 18.5. The zero-order chi connectivity index (χ0) is 22.0. The first-order chi connectivity index (χ1) is 15.6. The van der Waals surface area contributed by atoms with Crippen LogP contribution in [0.4, 0.5) is 5.69 Å². The van der Waals surface area contributed by atoms with Crippen LogP contribution in [0.15, 0.2) is 48.8 Å². The van der Waals surface area contributed by atoms with E-state index in [4.69, 9.17) is 4.74 Å². The Labute approximate surface area is 189 Å². The van der Waals surface area contributed by atoms with Gasteiger partial charge in [-0.3, -0.25) is 14.6 Å². The van der Waals surface area contributed by atoms with Crippen molar-refractivity contribution in [3.05, 3.63) is 54.4 Å². The topological polar surface area (TPSA) is 71.5 Å². The number of hydrogen-bond donors (Lipinski definition) is 1. The molecule has 2 aliphatic heterocycles. The first-order valence-corrected chi connectivity index (χ1v) is 11.9. The highest BCUT2D eigenvalue weighted by Crippen LogP contribution is 2.46. The molecule has 1 unspecified atom stereocenters. The average Bonchev–Trinajstić information content (AvgIpc) is 3.35. The molecule has 1 atom stereocenters. The maximum Gasteiger partial charge on any atom is 0.225 e. The van der Waals surface area contributed by atoms with Crippen LogP contribution in [-0.4, -0.2) is 40.4 Å². The minimum Gasteiger partial charge on any atom is -0.487 e. The number of nitrogens with zero attached hydrogens (tertiary/aromatic N) is 2. The lowest BCUT2D eigenvalue weighted by atomic mass is 9.76. The molecule has 0 bridgehead atoms. The highest BCUT2D eigenvalue weighted by molar-refractivity contribution is 5.91. The number of amides is 2. The van der Waals surface area contributed by atoms with E-state index in [1.807, 2.05) is 30.3 Å². The van der Waals surface area contributed by atoms with Crippen LogP contribution in [-0.2, 0) is 9.59 Å². The molecule has 1 aromatic carbocycles. The van der Waals surface area contributed by atoms with Gasteiger partial charge in [-0.1, -0.05) is 31.0 Å². The largest absolute Gasteiger partial charge is 0.487 e. The number of aromatic nitrogens is 1. The number of benzene rings is 1. The van der Waals surface area contributed by atoms with E-state index in [0.717, 1.165) is 56.5 Å². The second-order valence-electron chi connectivity index (χ2n) is 9.52. The fourth-order valence-corrected chi connectivity index (χ4v) is 5.67. The number of hydrogen-bond acceptors (Lipinski definition) is 4. The monoisotopic (exact) mass is 433 g/mol. The molecule has 1 saturated carbocycles. The average molecular weight is 434 g/mol. The van der Waals surface area contributed by atoms with Crippen molar-refractivity contribution in [3.8, 4) is 5.75 Å². The van der Waals surface area contributed by atoms with Crippen molar-refractivity contribution in [2.45, 2.75) is 62.9 Å². The van der Waals surface area contributed by atoms with Crippen LogP contribution in [0, 0.1) is 5.92 Å². The van der Waals surface area contributed by atoms with Crippen molar-refractivity contribution < 1.29 is 14.3 Å². The number of anilines is 1. The fourth-order valence-electron chi connectivity index (χ4n) is 5.67. The van der Waals surface area contributed by atoms with E-state index < -0.39 is 0 Å². The first kappa shape index (κ1) is 21.0. The molecule has 2 fully saturated rings. The molecular weight excluding hydrogens is 402 g/mol. The molecule has 1 spiro atoms. The molecule has 3 aliphatic rings. The fraction of sp³-hybridized carbons (Fsp3) is 0.500. The smallest absolute Gasteiger partial charge is 0.225 e. The van der Waals surface area contributed by atoms with Crippen LogP contribution >= 0.6 is 0 Å². The third-order valence-corrected chi connectivity index (χ3v) is 7.37. The summed E-state index contributed by atoms with van der Waals surface area (Å²) in [7, 11) is 0. The summed E-state index contributed by atoms with van der Waals surface area (Å²) in [6.45, 7) is 1.48. The van der Waals surface area contributed by atoms with Gasteiger partial charge >= 0.3 is 0 Å². The van der Waals surface area contributed by atoms with Crippen molar-refractivity contribution in [1.82, 2.24) is 9.88 Å². The van der Waals surface area contributed by atoms with Crippen LogP contribution < -0.4 is 10.1 Å². The number of fused-ring (bicyclic) bond motifs is 1. The Morgan fingerprint density at radius 2 is 1.88 bits per heavy atom. The van der Waals surface area contributed by atoms with E-state index in [2.05, 4.69) is 21.3 Å². The van der Waals surface area contributed by atoms with Gasteiger partial charge in [-0.05, 0) is 43.0 Å². The Morgan fingerprint density at radius 3 is 2.62 bits per heavy atom. The molecule has 1 N–H and O–H groups in total. The predicted octanol–water partition coefficient (Wildman–Crippen LogP) is 4.53. The minimum absolute atomic E-state index is 0.0105. The summed E-state index contributed by atoms with van der Waals surface area (Å²) in [6.07, 6.45) is 10.6. The van der Waals surface area contributed by atoms with Gasteiger partial charge in [0, 0.05) is 50.4 Å². The van der Waals surface area contributed by atoms with Crippen molar-refractivity contribution in [3.63, 3.8) is 0 Å². The van der Waals surface area contributed by atoms with Crippen molar-refractivity contribution >= 4 is 17.5 Å². The molecule has 2 aromatic rings. The van der Waals surface area contributed by atoms with Crippen LogP contribution in [0.3, 0.4) is 0 Å². The van der Waals surface area contributed by atoms with Gasteiger partial charge in [-0.25, -0.2) is 0 Å². The maximum absolute atomic E-state index is 12.9. The van der Waals surface area contributed by atoms with Gasteiger partial charge in [0.05, 0.1) is 11.9 Å². The quantitative estimate of drug-likeness (QED) is 0.769. The molecule has 1 saturated heterocycles. The minimum atomic E-state index is -0.305. The van der Waals surface area contributed by atoms with Crippen LogP contribution in [0.25, 0.3) is 0 Å². The van der Waals surface area contributed by atoms with Gasteiger partial charge in [0.25, 0.3) is 0 Å². The van der Waals surface area contributed by atoms with E-state index in [1.165, 1.54) is 12.8 Å². The van der Waals surface area contributed by atoms with Crippen molar-refractivity contribution in [1.29, 1.82) is 0 Å². The molecule has 0 radical (unpaired) electrons.